The van der Waals surface area contributed by atoms with Crippen LogP contribution in [0.1, 0.15) is 32.0 Å². The van der Waals surface area contributed by atoms with Crippen LogP contribution in [0, 0.1) is 0 Å². The van der Waals surface area contributed by atoms with Gasteiger partial charge in [0.05, 0.1) is 6.04 Å². The highest BCUT2D eigenvalue weighted by molar-refractivity contribution is 5.94. The molecule has 1 aliphatic rings. The lowest BCUT2D eigenvalue weighted by Crippen LogP contribution is -2.32. The molecule has 1 aromatic carbocycles. The Morgan fingerprint density at radius 3 is 2.91 bits per heavy atom. The van der Waals surface area contributed by atoms with Crippen molar-refractivity contribution in [2.75, 3.05) is 5.32 Å². The number of nitrogens with zero attached hydrogens (tertiary/aromatic N) is 3. The maximum absolute atomic E-state index is 11.7. The number of carbonyl (C=O) groups excluding carboxylic acids is 1. The Labute approximate surface area is 141 Å². The second kappa shape index (κ2) is 7.57. The summed E-state index contributed by atoms with van der Waals surface area (Å²) in [7, 11) is 0. The van der Waals surface area contributed by atoms with Crippen LogP contribution in [0.25, 0.3) is 11.4 Å². The van der Waals surface area contributed by atoms with Crippen molar-refractivity contribution in [2.45, 2.75) is 45.2 Å². The molecule has 0 aliphatic carbocycles. The topological polar surface area (TPSA) is 85.8 Å². The number of halogens is 1. The molecule has 124 valence electrons. The first-order valence-corrected chi connectivity index (χ1v) is 7.74. The number of aromatic nitrogens is 3. The average molecular weight is 336 g/mol. The molecule has 2 heterocycles. The van der Waals surface area contributed by atoms with E-state index in [9.17, 15) is 4.79 Å². The van der Waals surface area contributed by atoms with E-state index in [1.54, 1.807) is 6.92 Å². The van der Waals surface area contributed by atoms with Crippen molar-refractivity contribution < 1.29 is 4.79 Å². The molecule has 23 heavy (non-hydrogen) atoms. The average Bonchev–Trinajstić information content (AvgIpc) is 2.76. The Bertz CT molecular complexity index is 683. The fraction of sp³-hybridized carbons (Fsp3) is 0.438. The molecule has 0 saturated carbocycles. The third-order valence-corrected chi connectivity index (χ3v) is 3.91. The van der Waals surface area contributed by atoms with E-state index >= 15 is 0 Å². The molecule has 6 nitrogen and oxygen atoms in total. The van der Waals surface area contributed by atoms with Crippen LogP contribution >= 0.6 is 12.4 Å². The Balaban J connectivity index is 0.00000192. The smallest absolute Gasteiger partial charge is 0.240 e. The lowest BCUT2D eigenvalue weighted by atomic mass is 10.1. The van der Waals surface area contributed by atoms with Gasteiger partial charge in [0.1, 0.15) is 5.82 Å². The summed E-state index contributed by atoms with van der Waals surface area (Å²) in [6.45, 7) is 2.62. The molecule has 0 bridgehead atoms. The molecule has 0 fully saturated rings. The van der Waals surface area contributed by atoms with E-state index in [1.165, 1.54) is 12.8 Å². The molecule has 1 atom stereocenters. The lowest BCUT2D eigenvalue weighted by Gasteiger charge is -2.10. The van der Waals surface area contributed by atoms with Crippen molar-refractivity contribution in [3.8, 4) is 11.4 Å². The molecular weight excluding hydrogens is 314 g/mol. The largest absolute Gasteiger partial charge is 0.325 e. The van der Waals surface area contributed by atoms with E-state index in [1.807, 2.05) is 24.3 Å². The SMILES string of the molecule is C[C@H](N)C(=O)Nc1cccc(-c2nnc3n2CCCCC3)c1.Cl. The van der Waals surface area contributed by atoms with Crippen molar-refractivity contribution in [3.05, 3.63) is 30.1 Å². The predicted molar refractivity (Wildman–Crippen MR) is 92.5 cm³/mol. The molecule has 1 aromatic heterocycles. The van der Waals surface area contributed by atoms with Crippen LogP contribution in [0.5, 0.6) is 0 Å². The molecular formula is C16H22ClN5O. The second-order valence-electron chi connectivity index (χ2n) is 5.76. The lowest BCUT2D eigenvalue weighted by molar-refractivity contribution is -0.117. The Morgan fingerprint density at radius 2 is 2.13 bits per heavy atom. The van der Waals surface area contributed by atoms with Crippen molar-refractivity contribution in [1.29, 1.82) is 0 Å². The number of nitrogens with two attached hydrogens (primary N) is 1. The second-order valence-corrected chi connectivity index (χ2v) is 5.76. The van der Waals surface area contributed by atoms with E-state index in [0.717, 1.165) is 42.3 Å². The van der Waals surface area contributed by atoms with Gasteiger partial charge in [-0.15, -0.1) is 22.6 Å². The molecule has 1 aliphatic heterocycles. The maximum Gasteiger partial charge on any atom is 0.240 e. The number of anilines is 1. The molecule has 0 saturated heterocycles. The first kappa shape index (κ1) is 17.4. The van der Waals surface area contributed by atoms with Crippen LogP contribution in [0.2, 0.25) is 0 Å². The van der Waals surface area contributed by atoms with Crippen molar-refractivity contribution >= 4 is 24.0 Å². The van der Waals surface area contributed by atoms with Gasteiger partial charge in [-0.3, -0.25) is 4.79 Å². The zero-order valence-electron chi connectivity index (χ0n) is 13.2. The minimum Gasteiger partial charge on any atom is -0.325 e. The number of nitrogens with one attached hydrogen (secondary N) is 1. The monoisotopic (exact) mass is 335 g/mol. The van der Waals surface area contributed by atoms with Crippen molar-refractivity contribution in [1.82, 2.24) is 14.8 Å². The van der Waals surface area contributed by atoms with E-state index < -0.39 is 6.04 Å². The third kappa shape index (κ3) is 3.89. The summed E-state index contributed by atoms with van der Waals surface area (Å²) in [6.07, 6.45) is 4.53. The van der Waals surface area contributed by atoms with Gasteiger partial charge in [-0.05, 0) is 31.9 Å². The van der Waals surface area contributed by atoms with Crippen LogP contribution in [0.3, 0.4) is 0 Å². The van der Waals surface area contributed by atoms with Gasteiger partial charge in [0, 0.05) is 24.2 Å². The number of hydrogen-bond donors (Lipinski definition) is 2. The summed E-state index contributed by atoms with van der Waals surface area (Å²) in [6, 6.07) is 7.13. The molecule has 0 unspecified atom stereocenters. The van der Waals surface area contributed by atoms with E-state index in [-0.39, 0.29) is 18.3 Å². The summed E-state index contributed by atoms with van der Waals surface area (Å²) < 4.78 is 2.19. The fourth-order valence-corrected chi connectivity index (χ4v) is 2.69. The standard InChI is InChI=1S/C16H21N5O.ClH/c1-11(17)16(22)18-13-7-5-6-12(10-13)15-20-19-14-8-3-2-4-9-21(14)15;/h5-7,10-11H,2-4,8-9,17H2,1H3,(H,18,22);1H/t11-;/m0./s1. The quantitative estimate of drug-likeness (QED) is 0.901. The van der Waals surface area contributed by atoms with Gasteiger partial charge in [-0.1, -0.05) is 18.6 Å². The number of amides is 1. The molecule has 0 radical (unpaired) electrons. The minimum atomic E-state index is -0.534. The van der Waals surface area contributed by atoms with E-state index in [2.05, 4.69) is 20.1 Å². The van der Waals surface area contributed by atoms with Gasteiger partial charge in [-0.2, -0.15) is 0 Å². The molecule has 0 spiro atoms. The maximum atomic E-state index is 11.7. The number of aryl methyl sites for hydroxylation is 1. The van der Waals surface area contributed by atoms with Crippen LogP contribution in [0.4, 0.5) is 5.69 Å². The van der Waals surface area contributed by atoms with Crippen LogP contribution < -0.4 is 11.1 Å². The van der Waals surface area contributed by atoms with Gasteiger partial charge < -0.3 is 15.6 Å². The Kier molecular flexibility index (Phi) is 5.74. The van der Waals surface area contributed by atoms with E-state index in [4.69, 9.17) is 5.73 Å². The van der Waals surface area contributed by atoms with Gasteiger partial charge in [0.2, 0.25) is 5.91 Å². The minimum absolute atomic E-state index is 0. The number of benzene rings is 1. The first-order chi connectivity index (χ1) is 10.6. The summed E-state index contributed by atoms with van der Waals surface area (Å²) in [4.78, 5) is 11.7. The highest BCUT2D eigenvalue weighted by atomic mass is 35.5. The van der Waals surface area contributed by atoms with Gasteiger partial charge >= 0.3 is 0 Å². The van der Waals surface area contributed by atoms with Crippen molar-refractivity contribution in [2.24, 2.45) is 5.73 Å². The number of rotatable bonds is 3. The van der Waals surface area contributed by atoms with Gasteiger partial charge in [0.25, 0.3) is 0 Å². The summed E-state index contributed by atoms with van der Waals surface area (Å²) >= 11 is 0. The van der Waals surface area contributed by atoms with Gasteiger partial charge in [0.15, 0.2) is 5.82 Å². The highest BCUT2D eigenvalue weighted by Gasteiger charge is 2.16. The number of carbonyl (C=O) groups is 1. The Hall–Kier alpha value is -1.92. The van der Waals surface area contributed by atoms with Crippen LogP contribution in [0.15, 0.2) is 24.3 Å². The molecule has 2 aromatic rings. The fourth-order valence-electron chi connectivity index (χ4n) is 2.69. The first-order valence-electron chi connectivity index (χ1n) is 7.74. The summed E-state index contributed by atoms with van der Waals surface area (Å²) in [5.41, 5.74) is 7.28. The highest BCUT2D eigenvalue weighted by Crippen LogP contribution is 2.24. The molecule has 3 rings (SSSR count). The normalized spacial score (nSPS) is 15.0. The van der Waals surface area contributed by atoms with Crippen LogP contribution in [-0.2, 0) is 17.8 Å². The zero-order chi connectivity index (χ0) is 15.5. The van der Waals surface area contributed by atoms with Gasteiger partial charge in [-0.25, -0.2) is 0 Å². The number of hydrogen-bond acceptors (Lipinski definition) is 4. The van der Waals surface area contributed by atoms with Crippen LogP contribution in [-0.4, -0.2) is 26.7 Å². The summed E-state index contributed by atoms with van der Waals surface area (Å²) in [5.74, 6) is 1.73. The van der Waals surface area contributed by atoms with Crippen molar-refractivity contribution in [3.63, 3.8) is 0 Å². The third-order valence-electron chi connectivity index (χ3n) is 3.91. The number of fused-ring (bicyclic) bond motifs is 1. The molecule has 1 amide bonds. The predicted octanol–water partition coefficient (Wildman–Crippen LogP) is 2.38. The molecule has 7 heteroatoms. The van der Waals surface area contributed by atoms with E-state index in [0.29, 0.717) is 0 Å². The zero-order valence-corrected chi connectivity index (χ0v) is 14.0. The summed E-state index contributed by atoms with van der Waals surface area (Å²) in [5, 5.41) is 11.5. The molecule has 3 N–H and O–H groups in total. The Morgan fingerprint density at radius 1 is 1.30 bits per heavy atom.